The Balaban J connectivity index is 1.91. The Morgan fingerprint density at radius 1 is 1.44 bits per heavy atom. The van der Waals surface area contributed by atoms with Crippen molar-refractivity contribution in [3.05, 3.63) is 35.4 Å². The van der Waals surface area contributed by atoms with E-state index in [0.29, 0.717) is 13.2 Å². The van der Waals surface area contributed by atoms with Crippen molar-refractivity contribution in [1.29, 1.82) is 0 Å². The third-order valence-electron chi connectivity index (χ3n) is 2.86. The van der Waals surface area contributed by atoms with E-state index in [4.69, 9.17) is 9.84 Å². The van der Waals surface area contributed by atoms with Crippen LogP contribution in [0.3, 0.4) is 0 Å². The average molecular weight is 249 g/mol. The van der Waals surface area contributed by atoms with Gasteiger partial charge < -0.3 is 15.2 Å². The molecule has 5 heteroatoms. The second-order valence-corrected chi connectivity index (χ2v) is 4.22. The van der Waals surface area contributed by atoms with E-state index >= 15 is 0 Å². The van der Waals surface area contributed by atoms with Crippen LogP contribution in [0, 0.1) is 0 Å². The molecule has 1 atom stereocenters. The maximum atomic E-state index is 11.7. The van der Waals surface area contributed by atoms with Crippen LogP contribution in [0.25, 0.3) is 0 Å². The van der Waals surface area contributed by atoms with Crippen LogP contribution in [-0.4, -0.2) is 29.7 Å². The molecule has 1 saturated heterocycles. The average Bonchev–Trinajstić information content (AvgIpc) is 2.90. The fourth-order valence-electron chi connectivity index (χ4n) is 1.90. The highest BCUT2D eigenvalue weighted by Crippen LogP contribution is 2.12. The van der Waals surface area contributed by atoms with Gasteiger partial charge in [-0.05, 0) is 30.5 Å². The van der Waals surface area contributed by atoms with Crippen molar-refractivity contribution in [2.24, 2.45) is 0 Å². The standard InChI is InChI=1S/C13H15NO4/c15-12(11-5-2-6-18-11)14-8-9-3-1-4-10(7-9)13(16)17/h1,3-4,7,11H,2,5-6,8H2,(H,14,15)(H,16,17). The van der Waals surface area contributed by atoms with Crippen LogP contribution in [0.4, 0.5) is 0 Å². The van der Waals surface area contributed by atoms with Crippen molar-refractivity contribution in [3.8, 4) is 0 Å². The first kappa shape index (κ1) is 12.6. The van der Waals surface area contributed by atoms with Gasteiger partial charge >= 0.3 is 5.97 Å². The van der Waals surface area contributed by atoms with Gasteiger partial charge in [0.2, 0.25) is 5.91 Å². The van der Waals surface area contributed by atoms with Gasteiger partial charge in [-0.15, -0.1) is 0 Å². The second kappa shape index (κ2) is 5.64. The van der Waals surface area contributed by atoms with Crippen molar-refractivity contribution in [2.75, 3.05) is 6.61 Å². The van der Waals surface area contributed by atoms with Crippen molar-refractivity contribution in [3.63, 3.8) is 0 Å². The molecule has 96 valence electrons. The monoisotopic (exact) mass is 249 g/mol. The van der Waals surface area contributed by atoms with Crippen molar-refractivity contribution in [2.45, 2.75) is 25.5 Å². The number of benzene rings is 1. The summed E-state index contributed by atoms with van der Waals surface area (Å²) < 4.78 is 5.26. The summed E-state index contributed by atoms with van der Waals surface area (Å²) in [6.07, 6.45) is 1.31. The molecular formula is C13H15NO4. The Labute approximate surface area is 105 Å². The van der Waals surface area contributed by atoms with Crippen LogP contribution in [0.15, 0.2) is 24.3 Å². The summed E-state index contributed by atoms with van der Waals surface area (Å²) in [6.45, 7) is 0.951. The van der Waals surface area contributed by atoms with Gasteiger partial charge in [-0.25, -0.2) is 4.79 Å². The Hall–Kier alpha value is -1.88. The van der Waals surface area contributed by atoms with E-state index in [0.717, 1.165) is 18.4 Å². The number of ether oxygens (including phenoxy) is 1. The van der Waals surface area contributed by atoms with Crippen LogP contribution in [0.2, 0.25) is 0 Å². The van der Waals surface area contributed by atoms with Gasteiger partial charge in [0.05, 0.1) is 5.56 Å². The number of nitrogens with one attached hydrogen (secondary N) is 1. The zero-order valence-corrected chi connectivity index (χ0v) is 9.89. The van der Waals surface area contributed by atoms with Gasteiger partial charge in [0.25, 0.3) is 0 Å². The number of rotatable bonds is 4. The summed E-state index contributed by atoms with van der Waals surface area (Å²) in [6, 6.07) is 6.52. The smallest absolute Gasteiger partial charge is 0.335 e. The number of hydrogen-bond acceptors (Lipinski definition) is 3. The first-order valence-electron chi connectivity index (χ1n) is 5.88. The van der Waals surface area contributed by atoms with Gasteiger partial charge in [0, 0.05) is 13.2 Å². The molecule has 5 nitrogen and oxygen atoms in total. The Bertz CT molecular complexity index is 452. The minimum Gasteiger partial charge on any atom is -0.478 e. The van der Waals surface area contributed by atoms with E-state index in [-0.39, 0.29) is 17.6 Å². The Kier molecular flexibility index (Phi) is 3.94. The molecule has 1 aliphatic rings. The molecule has 1 aliphatic heterocycles. The highest BCUT2D eigenvalue weighted by Gasteiger charge is 2.22. The van der Waals surface area contributed by atoms with Crippen LogP contribution in [-0.2, 0) is 16.1 Å². The Morgan fingerprint density at radius 2 is 2.28 bits per heavy atom. The maximum Gasteiger partial charge on any atom is 0.335 e. The molecule has 2 N–H and O–H groups in total. The van der Waals surface area contributed by atoms with Gasteiger partial charge in [0.1, 0.15) is 6.10 Å². The molecule has 1 unspecified atom stereocenters. The molecule has 1 fully saturated rings. The van der Waals surface area contributed by atoms with Crippen molar-refractivity contribution in [1.82, 2.24) is 5.32 Å². The van der Waals surface area contributed by atoms with Gasteiger partial charge in [-0.1, -0.05) is 12.1 Å². The summed E-state index contributed by atoms with van der Waals surface area (Å²) in [7, 11) is 0. The number of carboxylic acids is 1. The van der Waals surface area contributed by atoms with E-state index in [2.05, 4.69) is 5.32 Å². The highest BCUT2D eigenvalue weighted by atomic mass is 16.5. The largest absolute Gasteiger partial charge is 0.478 e. The molecule has 1 amide bonds. The summed E-state index contributed by atoms with van der Waals surface area (Å²) in [5.74, 6) is -1.10. The molecule has 0 saturated carbocycles. The Morgan fingerprint density at radius 3 is 2.94 bits per heavy atom. The number of carbonyl (C=O) groups is 2. The van der Waals surface area contributed by atoms with Gasteiger partial charge in [0.15, 0.2) is 0 Å². The van der Waals surface area contributed by atoms with E-state index < -0.39 is 5.97 Å². The van der Waals surface area contributed by atoms with E-state index in [1.807, 2.05) is 0 Å². The number of carbonyl (C=O) groups excluding carboxylic acids is 1. The number of carboxylic acid groups (broad SMARTS) is 1. The van der Waals surface area contributed by atoms with E-state index in [1.54, 1.807) is 18.2 Å². The van der Waals surface area contributed by atoms with Gasteiger partial charge in [-0.2, -0.15) is 0 Å². The van der Waals surface area contributed by atoms with Crippen molar-refractivity contribution >= 4 is 11.9 Å². The SMILES string of the molecule is O=C(O)c1cccc(CNC(=O)C2CCCO2)c1. The quantitative estimate of drug-likeness (QED) is 0.840. The summed E-state index contributed by atoms with van der Waals surface area (Å²) >= 11 is 0. The lowest BCUT2D eigenvalue weighted by atomic mass is 10.1. The first-order chi connectivity index (χ1) is 8.66. The van der Waals surface area contributed by atoms with Crippen LogP contribution in [0.1, 0.15) is 28.8 Å². The number of hydrogen-bond donors (Lipinski definition) is 2. The molecule has 0 aromatic heterocycles. The van der Waals surface area contributed by atoms with E-state index in [9.17, 15) is 9.59 Å². The summed E-state index contributed by atoms with van der Waals surface area (Å²) in [5, 5.41) is 11.6. The highest BCUT2D eigenvalue weighted by molar-refractivity contribution is 5.87. The third kappa shape index (κ3) is 3.07. The molecule has 2 rings (SSSR count). The predicted octanol–water partition coefficient (Wildman–Crippen LogP) is 1.18. The number of aromatic carboxylic acids is 1. The maximum absolute atomic E-state index is 11.7. The molecular weight excluding hydrogens is 234 g/mol. The normalized spacial score (nSPS) is 18.6. The fourth-order valence-corrected chi connectivity index (χ4v) is 1.90. The molecule has 0 spiro atoms. The topological polar surface area (TPSA) is 75.6 Å². The molecule has 18 heavy (non-hydrogen) atoms. The van der Waals surface area contributed by atoms with Gasteiger partial charge in [-0.3, -0.25) is 4.79 Å². The van der Waals surface area contributed by atoms with Crippen molar-refractivity contribution < 1.29 is 19.4 Å². The predicted molar refractivity (Wildman–Crippen MR) is 64.2 cm³/mol. The van der Waals surface area contributed by atoms with Crippen LogP contribution < -0.4 is 5.32 Å². The molecule has 1 aromatic rings. The summed E-state index contributed by atoms with van der Waals surface area (Å²) in [4.78, 5) is 22.5. The zero-order valence-electron chi connectivity index (χ0n) is 9.89. The molecule has 0 radical (unpaired) electrons. The zero-order chi connectivity index (χ0) is 13.0. The minimum absolute atomic E-state index is 0.131. The summed E-state index contributed by atoms with van der Waals surface area (Å²) in [5.41, 5.74) is 0.986. The first-order valence-corrected chi connectivity index (χ1v) is 5.88. The lowest BCUT2D eigenvalue weighted by Gasteiger charge is -2.10. The van der Waals surface area contributed by atoms with Crippen LogP contribution in [0.5, 0.6) is 0 Å². The second-order valence-electron chi connectivity index (χ2n) is 4.22. The lowest BCUT2D eigenvalue weighted by molar-refractivity contribution is -0.130. The molecule has 1 heterocycles. The lowest BCUT2D eigenvalue weighted by Crippen LogP contribution is -2.33. The van der Waals surface area contributed by atoms with E-state index in [1.165, 1.54) is 6.07 Å². The third-order valence-corrected chi connectivity index (χ3v) is 2.86. The fraction of sp³-hybridized carbons (Fsp3) is 0.385. The molecule has 0 bridgehead atoms. The number of amides is 1. The van der Waals surface area contributed by atoms with Crippen LogP contribution >= 0.6 is 0 Å². The molecule has 0 aliphatic carbocycles. The molecule has 1 aromatic carbocycles. The minimum atomic E-state index is -0.970.